The van der Waals surface area contributed by atoms with Crippen LogP contribution in [0, 0.1) is 19.8 Å². The molecular weight excluding hydrogens is 254 g/mol. The average molecular weight is 273 g/mol. The van der Waals surface area contributed by atoms with Gasteiger partial charge in [-0.2, -0.15) is 0 Å². The van der Waals surface area contributed by atoms with Crippen molar-refractivity contribution in [3.05, 3.63) is 35.5 Å². The summed E-state index contributed by atoms with van der Waals surface area (Å²) in [5.74, 6) is 0.612. The van der Waals surface area contributed by atoms with E-state index in [9.17, 15) is 4.79 Å². The Morgan fingerprint density at radius 2 is 1.75 bits per heavy atom. The zero-order valence-corrected chi connectivity index (χ0v) is 12.2. The SMILES string of the molecule is Cc1noc(Nc2ccc(NC(=O)C(C)C)cc2)c1C. The molecule has 0 aliphatic rings. The van der Waals surface area contributed by atoms with Crippen molar-refractivity contribution in [2.45, 2.75) is 27.7 Å². The van der Waals surface area contributed by atoms with Crippen molar-refractivity contribution in [3.8, 4) is 0 Å². The second-order valence-corrected chi connectivity index (χ2v) is 5.07. The summed E-state index contributed by atoms with van der Waals surface area (Å²) in [4.78, 5) is 11.6. The van der Waals surface area contributed by atoms with Gasteiger partial charge < -0.3 is 15.2 Å². The Kier molecular flexibility index (Phi) is 4.08. The van der Waals surface area contributed by atoms with Crippen LogP contribution in [-0.4, -0.2) is 11.1 Å². The Bertz CT molecular complexity index is 600. The van der Waals surface area contributed by atoms with Gasteiger partial charge in [-0.25, -0.2) is 0 Å². The molecule has 2 N–H and O–H groups in total. The molecule has 0 atom stereocenters. The Labute approximate surface area is 118 Å². The Morgan fingerprint density at radius 1 is 1.15 bits per heavy atom. The molecular formula is C15H19N3O2. The number of aromatic nitrogens is 1. The van der Waals surface area contributed by atoms with E-state index in [0.717, 1.165) is 22.6 Å². The van der Waals surface area contributed by atoms with Crippen molar-refractivity contribution in [3.63, 3.8) is 0 Å². The summed E-state index contributed by atoms with van der Waals surface area (Å²) in [5, 5.41) is 9.89. The maximum Gasteiger partial charge on any atom is 0.232 e. The van der Waals surface area contributed by atoms with E-state index in [-0.39, 0.29) is 11.8 Å². The van der Waals surface area contributed by atoms with Gasteiger partial charge >= 0.3 is 0 Å². The monoisotopic (exact) mass is 273 g/mol. The largest absolute Gasteiger partial charge is 0.338 e. The molecule has 0 saturated heterocycles. The van der Waals surface area contributed by atoms with E-state index in [1.54, 1.807) is 0 Å². The molecule has 0 radical (unpaired) electrons. The molecule has 20 heavy (non-hydrogen) atoms. The lowest BCUT2D eigenvalue weighted by atomic mass is 10.2. The third-order valence-electron chi connectivity index (χ3n) is 3.09. The number of benzene rings is 1. The number of amides is 1. The fourth-order valence-corrected chi connectivity index (χ4v) is 1.59. The zero-order valence-electron chi connectivity index (χ0n) is 12.2. The smallest absolute Gasteiger partial charge is 0.232 e. The Morgan fingerprint density at radius 3 is 2.25 bits per heavy atom. The van der Waals surface area contributed by atoms with Crippen LogP contribution in [0.15, 0.2) is 28.8 Å². The van der Waals surface area contributed by atoms with E-state index in [2.05, 4.69) is 15.8 Å². The van der Waals surface area contributed by atoms with E-state index in [4.69, 9.17) is 4.52 Å². The number of nitrogens with zero attached hydrogens (tertiary/aromatic N) is 1. The van der Waals surface area contributed by atoms with Gasteiger partial charge in [0.25, 0.3) is 0 Å². The van der Waals surface area contributed by atoms with Crippen molar-refractivity contribution in [2.24, 2.45) is 5.92 Å². The molecule has 2 aromatic rings. The van der Waals surface area contributed by atoms with Crippen molar-refractivity contribution >= 4 is 23.2 Å². The summed E-state index contributed by atoms with van der Waals surface area (Å²) in [6.07, 6.45) is 0. The van der Waals surface area contributed by atoms with Crippen LogP contribution in [0.1, 0.15) is 25.1 Å². The number of hydrogen-bond donors (Lipinski definition) is 2. The van der Waals surface area contributed by atoms with Crippen molar-refractivity contribution < 1.29 is 9.32 Å². The summed E-state index contributed by atoms with van der Waals surface area (Å²) in [6, 6.07) is 7.46. The normalized spacial score (nSPS) is 10.7. The first kappa shape index (κ1) is 14.1. The molecule has 5 heteroatoms. The van der Waals surface area contributed by atoms with Crippen LogP contribution in [-0.2, 0) is 4.79 Å². The minimum Gasteiger partial charge on any atom is -0.338 e. The number of rotatable bonds is 4. The molecule has 1 aromatic heterocycles. The molecule has 106 valence electrons. The minimum absolute atomic E-state index is 0.00686. The third-order valence-corrected chi connectivity index (χ3v) is 3.09. The second-order valence-electron chi connectivity index (χ2n) is 5.07. The van der Waals surface area contributed by atoms with Gasteiger partial charge in [0.15, 0.2) is 0 Å². The van der Waals surface area contributed by atoms with Crippen LogP contribution in [0.25, 0.3) is 0 Å². The highest BCUT2D eigenvalue weighted by molar-refractivity contribution is 5.92. The molecule has 5 nitrogen and oxygen atoms in total. The van der Waals surface area contributed by atoms with Gasteiger partial charge in [-0.05, 0) is 38.1 Å². The van der Waals surface area contributed by atoms with Gasteiger partial charge in [0.05, 0.1) is 5.69 Å². The third kappa shape index (κ3) is 3.17. The fraction of sp³-hybridized carbons (Fsp3) is 0.333. The fourth-order valence-electron chi connectivity index (χ4n) is 1.59. The highest BCUT2D eigenvalue weighted by Crippen LogP contribution is 2.23. The quantitative estimate of drug-likeness (QED) is 0.892. The Balaban J connectivity index is 2.05. The van der Waals surface area contributed by atoms with Gasteiger partial charge in [0.1, 0.15) is 0 Å². The van der Waals surface area contributed by atoms with Crippen molar-refractivity contribution in [2.75, 3.05) is 10.6 Å². The van der Waals surface area contributed by atoms with Gasteiger partial charge in [0, 0.05) is 22.9 Å². The van der Waals surface area contributed by atoms with Gasteiger partial charge in [-0.15, -0.1) is 0 Å². The maximum absolute atomic E-state index is 11.6. The lowest BCUT2D eigenvalue weighted by molar-refractivity contribution is -0.118. The van der Waals surface area contributed by atoms with Crippen LogP contribution in [0.3, 0.4) is 0 Å². The van der Waals surface area contributed by atoms with Crippen molar-refractivity contribution in [1.29, 1.82) is 0 Å². The topological polar surface area (TPSA) is 67.2 Å². The number of carbonyl (C=O) groups is 1. The number of nitrogens with one attached hydrogen (secondary N) is 2. The second kappa shape index (κ2) is 5.77. The first-order chi connectivity index (χ1) is 9.47. The standard InChI is InChI=1S/C15H19N3O2/c1-9(2)14(19)16-12-5-7-13(8-6-12)17-15-10(3)11(4)18-20-15/h5-9,17H,1-4H3,(H,16,19). The summed E-state index contributed by atoms with van der Waals surface area (Å²) in [5.41, 5.74) is 3.52. The zero-order chi connectivity index (χ0) is 14.7. The molecule has 1 heterocycles. The predicted octanol–water partition coefficient (Wildman–Crippen LogP) is 3.63. The summed E-state index contributed by atoms with van der Waals surface area (Å²) in [7, 11) is 0. The first-order valence-corrected chi connectivity index (χ1v) is 6.58. The molecule has 0 spiro atoms. The van der Waals surface area contributed by atoms with E-state index in [1.807, 2.05) is 52.0 Å². The van der Waals surface area contributed by atoms with Gasteiger partial charge in [0.2, 0.25) is 11.8 Å². The van der Waals surface area contributed by atoms with E-state index in [1.165, 1.54) is 0 Å². The highest BCUT2D eigenvalue weighted by Gasteiger charge is 2.09. The first-order valence-electron chi connectivity index (χ1n) is 6.58. The van der Waals surface area contributed by atoms with E-state index >= 15 is 0 Å². The molecule has 0 saturated carbocycles. The predicted molar refractivity (Wildman–Crippen MR) is 79.2 cm³/mol. The molecule has 0 unspecified atom stereocenters. The number of aryl methyl sites for hydroxylation is 1. The minimum atomic E-state index is -0.0346. The molecule has 1 aromatic carbocycles. The number of hydrogen-bond acceptors (Lipinski definition) is 4. The van der Waals surface area contributed by atoms with Gasteiger partial charge in [-0.3, -0.25) is 4.79 Å². The van der Waals surface area contributed by atoms with E-state index in [0.29, 0.717) is 5.88 Å². The molecule has 0 fully saturated rings. The highest BCUT2D eigenvalue weighted by atomic mass is 16.5. The number of carbonyl (C=O) groups excluding carboxylic acids is 1. The van der Waals surface area contributed by atoms with Crippen LogP contribution in [0.2, 0.25) is 0 Å². The van der Waals surface area contributed by atoms with Crippen LogP contribution >= 0.6 is 0 Å². The number of anilines is 3. The summed E-state index contributed by atoms with van der Waals surface area (Å²) < 4.78 is 5.19. The Hall–Kier alpha value is -2.30. The van der Waals surface area contributed by atoms with E-state index < -0.39 is 0 Å². The van der Waals surface area contributed by atoms with Crippen LogP contribution in [0.5, 0.6) is 0 Å². The molecule has 0 aliphatic carbocycles. The lowest BCUT2D eigenvalue weighted by Gasteiger charge is -2.09. The van der Waals surface area contributed by atoms with Crippen molar-refractivity contribution in [1.82, 2.24) is 5.16 Å². The van der Waals surface area contributed by atoms with Gasteiger partial charge in [-0.1, -0.05) is 19.0 Å². The van der Waals surface area contributed by atoms with Crippen LogP contribution in [0.4, 0.5) is 17.3 Å². The molecule has 2 rings (SSSR count). The average Bonchev–Trinajstić information content (AvgIpc) is 2.73. The lowest BCUT2D eigenvalue weighted by Crippen LogP contribution is -2.17. The molecule has 1 amide bonds. The molecule has 0 aliphatic heterocycles. The van der Waals surface area contributed by atoms with Crippen LogP contribution < -0.4 is 10.6 Å². The summed E-state index contributed by atoms with van der Waals surface area (Å²) >= 11 is 0. The molecule has 0 bridgehead atoms. The maximum atomic E-state index is 11.6. The summed E-state index contributed by atoms with van der Waals surface area (Å²) in [6.45, 7) is 7.57.